The van der Waals surface area contributed by atoms with Crippen molar-refractivity contribution >= 4 is 11.8 Å². The van der Waals surface area contributed by atoms with Gasteiger partial charge in [0, 0.05) is 19.3 Å². The fraction of sp³-hybridized carbons (Fsp3) is 0.429. The van der Waals surface area contributed by atoms with Crippen molar-refractivity contribution in [3.8, 4) is 11.8 Å². The molecule has 1 aromatic heterocycles. The minimum atomic E-state index is -0.570. The van der Waals surface area contributed by atoms with Gasteiger partial charge in [-0.2, -0.15) is 10.4 Å². The second-order valence-corrected chi connectivity index (χ2v) is 7.85. The summed E-state index contributed by atoms with van der Waals surface area (Å²) >= 11 is 0. The van der Waals surface area contributed by atoms with E-state index in [0.717, 1.165) is 31.6 Å². The van der Waals surface area contributed by atoms with Crippen LogP contribution >= 0.6 is 0 Å². The number of carbonyl (C=O) groups excluding carboxylic acids is 2. The maximum atomic E-state index is 12.6. The molecule has 0 unspecified atom stereocenters. The molecule has 2 aromatic rings. The molecule has 2 heterocycles. The third-order valence-corrected chi connectivity index (χ3v) is 5.92. The lowest BCUT2D eigenvalue weighted by Crippen LogP contribution is -2.49. The highest BCUT2D eigenvalue weighted by Crippen LogP contribution is 2.53. The van der Waals surface area contributed by atoms with E-state index in [1.807, 2.05) is 4.90 Å². The van der Waals surface area contributed by atoms with Gasteiger partial charge >= 0.3 is 0 Å². The summed E-state index contributed by atoms with van der Waals surface area (Å²) in [6, 6.07) is 8.42. The van der Waals surface area contributed by atoms with Crippen molar-refractivity contribution in [3.05, 3.63) is 47.8 Å². The molecule has 1 aliphatic heterocycles. The van der Waals surface area contributed by atoms with E-state index < -0.39 is 6.04 Å². The van der Waals surface area contributed by atoms with Gasteiger partial charge < -0.3 is 10.2 Å². The lowest BCUT2D eigenvalue weighted by Gasteiger charge is -2.33. The van der Waals surface area contributed by atoms with Gasteiger partial charge in [-0.15, -0.1) is 0 Å². The Morgan fingerprint density at radius 2 is 1.86 bits per heavy atom. The number of piperidine rings is 1. The first-order chi connectivity index (χ1) is 13.5. The third kappa shape index (κ3) is 3.63. The van der Waals surface area contributed by atoms with Crippen LogP contribution in [0.1, 0.15) is 48.5 Å². The second kappa shape index (κ2) is 7.12. The first-order valence-corrected chi connectivity index (χ1v) is 9.65. The zero-order valence-electron chi connectivity index (χ0n) is 15.9. The molecular weight excluding hydrogens is 354 g/mol. The maximum Gasteiger partial charge on any atom is 0.255 e. The number of hydrogen-bond donors (Lipinski definition) is 1. The van der Waals surface area contributed by atoms with Gasteiger partial charge in [-0.1, -0.05) is 0 Å². The molecule has 1 saturated carbocycles. The van der Waals surface area contributed by atoms with E-state index in [4.69, 9.17) is 5.26 Å². The summed E-state index contributed by atoms with van der Waals surface area (Å²) in [6.45, 7) is 3.30. The van der Waals surface area contributed by atoms with Crippen molar-refractivity contribution in [2.75, 3.05) is 13.1 Å². The number of likely N-dealkylation sites (tertiary alicyclic amines) is 1. The molecule has 1 N–H and O–H groups in total. The summed E-state index contributed by atoms with van der Waals surface area (Å²) in [6.07, 6.45) is 7.84. The summed E-state index contributed by atoms with van der Waals surface area (Å²) in [5.41, 5.74) is 2.22. The highest BCUT2D eigenvalue weighted by Gasteiger charge is 2.45. The summed E-state index contributed by atoms with van der Waals surface area (Å²) in [5.74, 6) is -0.347. The minimum Gasteiger partial charge on any atom is -0.341 e. The van der Waals surface area contributed by atoms with Crippen molar-refractivity contribution in [3.63, 3.8) is 0 Å². The molecule has 1 atom stereocenters. The molecule has 0 radical (unpaired) electrons. The van der Waals surface area contributed by atoms with Crippen LogP contribution in [0.5, 0.6) is 0 Å². The Bertz CT molecular complexity index is 926. The molecule has 2 aliphatic rings. The zero-order chi connectivity index (χ0) is 19.7. The van der Waals surface area contributed by atoms with Crippen LogP contribution in [0.4, 0.5) is 0 Å². The van der Waals surface area contributed by atoms with Crippen molar-refractivity contribution < 1.29 is 9.59 Å². The highest BCUT2D eigenvalue weighted by molar-refractivity contribution is 5.97. The van der Waals surface area contributed by atoms with Crippen molar-refractivity contribution in [1.82, 2.24) is 20.0 Å². The first kappa shape index (κ1) is 18.2. The maximum absolute atomic E-state index is 12.6. The number of benzene rings is 1. The molecule has 1 spiro atoms. The number of nitriles is 1. The molecule has 1 saturated heterocycles. The lowest BCUT2D eigenvalue weighted by molar-refractivity contribution is -0.134. The predicted molar refractivity (Wildman–Crippen MR) is 103 cm³/mol. The largest absolute Gasteiger partial charge is 0.341 e. The molecule has 144 valence electrons. The number of rotatable bonds is 4. The van der Waals surface area contributed by atoms with Crippen LogP contribution in [-0.2, 0) is 4.79 Å². The van der Waals surface area contributed by atoms with E-state index in [2.05, 4.69) is 16.5 Å². The molecule has 7 heteroatoms. The van der Waals surface area contributed by atoms with Gasteiger partial charge in [0.15, 0.2) is 0 Å². The molecule has 1 aromatic carbocycles. The molecular formula is C21H23N5O2. The summed E-state index contributed by atoms with van der Waals surface area (Å²) in [7, 11) is 0. The van der Waals surface area contributed by atoms with Crippen LogP contribution in [0, 0.1) is 16.7 Å². The van der Waals surface area contributed by atoms with Crippen molar-refractivity contribution in [1.29, 1.82) is 5.26 Å². The summed E-state index contributed by atoms with van der Waals surface area (Å²) in [5, 5.41) is 15.9. The van der Waals surface area contributed by atoms with Crippen LogP contribution < -0.4 is 5.32 Å². The summed E-state index contributed by atoms with van der Waals surface area (Å²) < 4.78 is 1.57. The highest BCUT2D eigenvalue weighted by atomic mass is 16.2. The van der Waals surface area contributed by atoms with E-state index in [1.54, 1.807) is 42.1 Å². The molecule has 4 rings (SSSR count). The van der Waals surface area contributed by atoms with Gasteiger partial charge in [0.1, 0.15) is 6.04 Å². The molecule has 7 nitrogen and oxygen atoms in total. The van der Waals surface area contributed by atoms with Crippen molar-refractivity contribution in [2.24, 2.45) is 5.41 Å². The second-order valence-electron chi connectivity index (χ2n) is 7.85. The van der Waals surface area contributed by atoms with E-state index in [9.17, 15) is 9.59 Å². The van der Waals surface area contributed by atoms with Crippen LogP contribution in [0.2, 0.25) is 0 Å². The average molecular weight is 377 g/mol. The number of amides is 2. The van der Waals surface area contributed by atoms with E-state index >= 15 is 0 Å². The van der Waals surface area contributed by atoms with Gasteiger partial charge in [0.05, 0.1) is 29.1 Å². The fourth-order valence-corrected chi connectivity index (χ4v) is 3.76. The van der Waals surface area contributed by atoms with Crippen LogP contribution in [-0.4, -0.2) is 45.6 Å². The zero-order valence-corrected chi connectivity index (χ0v) is 15.9. The van der Waals surface area contributed by atoms with Crippen LogP contribution in [0.25, 0.3) is 5.69 Å². The Hall–Kier alpha value is -3.14. The number of carbonyl (C=O) groups is 2. The number of nitrogens with one attached hydrogen (secondary N) is 1. The Morgan fingerprint density at radius 1 is 1.18 bits per heavy atom. The normalized spacial score (nSPS) is 18.4. The number of nitrogens with zero attached hydrogens (tertiary/aromatic N) is 4. The Morgan fingerprint density at radius 3 is 2.46 bits per heavy atom. The smallest absolute Gasteiger partial charge is 0.255 e. The lowest BCUT2D eigenvalue weighted by atomic mass is 9.93. The minimum absolute atomic E-state index is 0.0247. The van der Waals surface area contributed by atoms with Gasteiger partial charge in [-0.3, -0.25) is 9.59 Å². The van der Waals surface area contributed by atoms with Crippen molar-refractivity contribution in [2.45, 2.75) is 38.6 Å². The van der Waals surface area contributed by atoms with Gasteiger partial charge in [-0.25, -0.2) is 4.68 Å². The Labute approximate surface area is 163 Å². The topological polar surface area (TPSA) is 91.0 Å². The standard InChI is InChI=1S/C21H23N5O2/c1-15(20(28)25-10-8-21(6-7-21)9-11-25)24-19(27)17-13-23-26(14-17)18-4-2-16(12-22)3-5-18/h2-5,13-15H,6-11H2,1H3,(H,24,27)/t15-/m1/s1. The predicted octanol–water partition coefficient (Wildman–Crippen LogP) is 2.26. The molecule has 1 aliphatic carbocycles. The first-order valence-electron chi connectivity index (χ1n) is 9.65. The molecule has 0 bridgehead atoms. The van der Waals surface area contributed by atoms with Gasteiger partial charge in [-0.05, 0) is 62.3 Å². The van der Waals surface area contributed by atoms with E-state index in [1.165, 1.54) is 19.0 Å². The summed E-state index contributed by atoms with van der Waals surface area (Å²) in [4.78, 5) is 27.0. The Balaban J connectivity index is 1.36. The molecule has 28 heavy (non-hydrogen) atoms. The van der Waals surface area contributed by atoms with E-state index in [-0.39, 0.29) is 11.8 Å². The fourth-order valence-electron chi connectivity index (χ4n) is 3.76. The number of hydrogen-bond acceptors (Lipinski definition) is 4. The van der Waals surface area contributed by atoms with Crippen LogP contribution in [0.15, 0.2) is 36.7 Å². The van der Waals surface area contributed by atoms with Gasteiger partial charge in [0.25, 0.3) is 5.91 Å². The van der Waals surface area contributed by atoms with Crippen LogP contribution in [0.3, 0.4) is 0 Å². The Kier molecular flexibility index (Phi) is 4.63. The van der Waals surface area contributed by atoms with E-state index in [0.29, 0.717) is 16.5 Å². The molecule has 2 fully saturated rings. The quantitative estimate of drug-likeness (QED) is 0.885. The monoisotopic (exact) mass is 377 g/mol. The SMILES string of the molecule is C[C@@H](NC(=O)c1cnn(-c2ccc(C#N)cc2)c1)C(=O)N1CCC2(CC1)CC2. The molecule has 2 amide bonds. The average Bonchev–Trinajstić information content (AvgIpc) is 3.28. The number of aromatic nitrogens is 2. The third-order valence-electron chi connectivity index (χ3n) is 5.92. The van der Waals surface area contributed by atoms with Gasteiger partial charge in [0.2, 0.25) is 5.91 Å².